The van der Waals surface area contributed by atoms with Crippen LogP contribution in [0.25, 0.3) is 11.1 Å². The molecule has 0 fully saturated rings. The number of carbonyl (C=O) groups is 1. The first-order valence-corrected chi connectivity index (χ1v) is 9.23. The van der Waals surface area contributed by atoms with Gasteiger partial charge in [-0.05, 0) is 44.0 Å². The fourth-order valence-electron chi connectivity index (χ4n) is 3.22. The quantitative estimate of drug-likeness (QED) is 0.551. The Bertz CT molecular complexity index is 1090. The second kappa shape index (κ2) is 7.68. The number of oxazole rings is 1. The van der Waals surface area contributed by atoms with Crippen LogP contribution in [0.4, 0.5) is 0 Å². The molecule has 4 rings (SSSR count). The lowest BCUT2D eigenvalue weighted by Crippen LogP contribution is -2.25. The maximum Gasteiger partial charge on any atom is 0.251 e. The molecule has 1 amide bonds. The SMILES string of the molecule is Cc1noc(C)c1CCNC(=O)c1ccc2nc(Cc3ccccc3)oc2c1. The summed E-state index contributed by atoms with van der Waals surface area (Å²) < 4.78 is 11.0. The molecule has 0 atom stereocenters. The predicted molar refractivity (Wildman–Crippen MR) is 105 cm³/mol. The van der Waals surface area contributed by atoms with Gasteiger partial charge in [0, 0.05) is 24.1 Å². The van der Waals surface area contributed by atoms with Crippen LogP contribution in [0.3, 0.4) is 0 Å². The van der Waals surface area contributed by atoms with Gasteiger partial charge >= 0.3 is 0 Å². The summed E-state index contributed by atoms with van der Waals surface area (Å²) in [4.78, 5) is 17.0. The highest BCUT2D eigenvalue weighted by Gasteiger charge is 2.13. The van der Waals surface area contributed by atoms with Gasteiger partial charge in [-0.3, -0.25) is 4.79 Å². The minimum absolute atomic E-state index is 0.144. The predicted octanol–water partition coefficient (Wildman–Crippen LogP) is 4.00. The average Bonchev–Trinajstić information content (AvgIpc) is 3.25. The largest absolute Gasteiger partial charge is 0.440 e. The van der Waals surface area contributed by atoms with Crippen LogP contribution in [0, 0.1) is 13.8 Å². The third kappa shape index (κ3) is 3.81. The molecule has 6 heteroatoms. The van der Waals surface area contributed by atoms with Gasteiger partial charge in [-0.15, -0.1) is 0 Å². The molecule has 28 heavy (non-hydrogen) atoms. The van der Waals surface area contributed by atoms with Crippen LogP contribution in [-0.2, 0) is 12.8 Å². The Labute approximate surface area is 162 Å². The molecule has 2 aromatic heterocycles. The van der Waals surface area contributed by atoms with Crippen LogP contribution >= 0.6 is 0 Å². The number of nitrogens with one attached hydrogen (secondary N) is 1. The van der Waals surface area contributed by atoms with Crippen LogP contribution in [0.5, 0.6) is 0 Å². The van der Waals surface area contributed by atoms with E-state index in [-0.39, 0.29) is 5.91 Å². The molecule has 0 spiro atoms. The molecular weight excluding hydrogens is 354 g/mol. The van der Waals surface area contributed by atoms with Crippen LogP contribution in [0.15, 0.2) is 57.5 Å². The highest BCUT2D eigenvalue weighted by molar-refractivity contribution is 5.97. The minimum atomic E-state index is -0.144. The zero-order valence-corrected chi connectivity index (χ0v) is 15.9. The Morgan fingerprint density at radius 1 is 1.11 bits per heavy atom. The van der Waals surface area contributed by atoms with Crippen LogP contribution in [-0.4, -0.2) is 22.6 Å². The maximum absolute atomic E-state index is 12.5. The standard InChI is InChI=1S/C22H21N3O3/c1-14-18(15(2)28-25-14)10-11-23-22(26)17-8-9-19-20(13-17)27-21(24-19)12-16-6-4-3-5-7-16/h3-9,13H,10-12H2,1-2H3,(H,23,26). The highest BCUT2D eigenvalue weighted by atomic mass is 16.5. The summed E-state index contributed by atoms with van der Waals surface area (Å²) in [5.41, 5.74) is 4.94. The second-order valence-corrected chi connectivity index (χ2v) is 6.76. The van der Waals surface area contributed by atoms with E-state index in [4.69, 9.17) is 8.94 Å². The van der Waals surface area contributed by atoms with E-state index in [1.165, 1.54) is 0 Å². The molecule has 0 saturated heterocycles. The monoisotopic (exact) mass is 375 g/mol. The summed E-state index contributed by atoms with van der Waals surface area (Å²) in [5.74, 6) is 1.28. The summed E-state index contributed by atoms with van der Waals surface area (Å²) >= 11 is 0. The summed E-state index contributed by atoms with van der Waals surface area (Å²) in [6.07, 6.45) is 1.30. The number of aryl methyl sites for hydroxylation is 2. The van der Waals surface area contributed by atoms with E-state index in [0.717, 1.165) is 28.1 Å². The molecule has 0 radical (unpaired) electrons. The van der Waals surface area contributed by atoms with E-state index in [2.05, 4.69) is 15.5 Å². The van der Waals surface area contributed by atoms with Crippen molar-refractivity contribution >= 4 is 17.0 Å². The Hall–Kier alpha value is -3.41. The summed E-state index contributed by atoms with van der Waals surface area (Å²) in [6, 6.07) is 15.3. The number of benzene rings is 2. The van der Waals surface area contributed by atoms with E-state index in [1.54, 1.807) is 12.1 Å². The number of aromatic nitrogens is 2. The van der Waals surface area contributed by atoms with Crippen molar-refractivity contribution in [2.75, 3.05) is 6.54 Å². The van der Waals surface area contributed by atoms with Gasteiger partial charge in [0.25, 0.3) is 5.91 Å². The van der Waals surface area contributed by atoms with Crippen LogP contribution in [0.2, 0.25) is 0 Å². The summed E-state index contributed by atoms with van der Waals surface area (Å²) in [6.45, 7) is 4.29. The van der Waals surface area contributed by atoms with Crippen molar-refractivity contribution in [2.24, 2.45) is 0 Å². The lowest BCUT2D eigenvalue weighted by Gasteiger charge is -2.05. The molecule has 4 aromatic rings. The fraction of sp³-hybridized carbons (Fsp3) is 0.227. The van der Waals surface area contributed by atoms with Gasteiger partial charge in [0.05, 0.1) is 5.69 Å². The van der Waals surface area contributed by atoms with Gasteiger partial charge < -0.3 is 14.3 Å². The minimum Gasteiger partial charge on any atom is -0.440 e. The molecule has 0 aliphatic rings. The molecule has 1 N–H and O–H groups in total. The zero-order valence-electron chi connectivity index (χ0n) is 15.9. The first kappa shape index (κ1) is 18.0. The lowest BCUT2D eigenvalue weighted by molar-refractivity contribution is 0.0954. The number of carbonyl (C=O) groups excluding carboxylic acids is 1. The Morgan fingerprint density at radius 3 is 2.68 bits per heavy atom. The number of rotatable bonds is 6. The smallest absolute Gasteiger partial charge is 0.251 e. The van der Waals surface area contributed by atoms with Gasteiger partial charge in [0.1, 0.15) is 11.3 Å². The van der Waals surface area contributed by atoms with Crippen molar-refractivity contribution in [1.29, 1.82) is 0 Å². The highest BCUT2D eigenvalue weighted by Crippen LogP contribution is 2.19. The topological polar surface area (TPSA) is 81.2 Å². The Kier molecular flexibility index (Phi) is 4.93. The molecule has 2 heterocycles. The maximum atomic E-state index is 12.5. The number of hydrogen-bond acceptors (Lipinski definition) is 5. The van der Waals surface area contributed by atoms with Crippen molar-refractivity contribution in [3.05, 3.63) is 82.6 Å². The summed E-state index contributed by atoms with van der Waals surface area (Å²) in [7, 11) is 0. The van der Waals surface area contributed by atoms with E-state index >= 15 is 0 Å². The molecule has 2 aromatic carbocycles. The summed E-state index contributed by atoms with van der Waals surface area (Å²) in [5, 5.41) is 6.86. The van der Waals surface area contributed by atoms with Crippen molar-refractivity contribution in [2.45, 2.75) is 26.7 Å². The third-order valence-corrected chi connectivity index (χ3v) is 4.73. The molecule has 0 aliphatic carbocycles. The third-order valence-electron chi connectivity index (χ3n) is 4.73. The zero-order chi connectivity index (χ0) is 19.5. The fourth-order valence-corrected chi connectivity index (χ4v) is 3.22. The van der Waals surface area contributed by atoms with Crippen LogP contribution in [0.1, 0.15) is 38.8 Å². The van der Waals surface area contributed by atoms with Gasteiger partial charge in [-0.2, -0.15) is 0 Å². The van der Waals surface area contributed by atoms with E-state index in [0.29, 0.717) is 36.4 Å². The van der Waals surface area contributed by atoms with Crippen molar-refractivity contribution in [1.82, 2.24) is 15.5 Å². The number of nitrogens with zero attached hydrogens (tertiary/aromatic N) is 2. The molecule has 142 valence electrons. The number of hydrogen-bond donors (Lipinski definition) is 1. The van der Waals surface area contributed by atoms with Crippen molar-refractivity contribution in [3.63, 3.8) is 0 Å². The number of fused-ring (bicyclic) bond motifs is 1. The second-order valence-electron chi connectivity index (χ2n) is 6.76. The molecule has 0 bridgehead atoms. The van der Waals surface area contributed by atoms with Gasteiger partial charge in [0.2, 0.25) is 0 Å². The normalized spacial score (nSPS) is 11.1. The van der Waals surface area contributed by atoms with Gasteiger partial charge in [-0.25, -0.2) is 4.98 Å². The number of amides is 1. The first-order chi connectivity index (χ1) is 13.6. The van der Waals surface area contributed by atoms with Crippen LogP contribution < -0.4 is 5.32 Å². The Balaban J connectivity index is 1.42. The van der Waals surface area contributed by atoms with Gasteiger partial charge in [-0.1, -0.05) is 35.5 Å². The van der Waals surface area contributed by atoms with E-state index in [9.17, 15) is 4.79 Å². The van der Waals surface area contributed by atoms with Gasteiger partial charge in [0.15, 0.2) is 11.5 Å². The molecule has 0 saturated carbocycles. The Morgan fingerprint density at radius 2 is 1.93 bits per heavy atom. The molecule has 0 unspecified atom stereocenters. The van der Waals surface area contributed by atoms with Crippen molar-refractivity contribution < 1.29 is 13.7 Å². The molecule has 6 nitrogen and oxygen atoms in total. The molecular formula is C22H21N3O3. The van der Waals surface area contributed by atoms with Crippen molar-refractivity contribution in [3.8, 4) is 0 Å². The average molecular weight is 375 g/mol. The molecule has 0 aliphatic heterocycles. The first-order valence-electron chi connectivity index (χ1n) is 9.23. The lowest BCUT2D eigenvalue weighted by atomic mass is 10.1. The van der Waals surface area contributed by atoms with E-state index in [1.807, 2.05) is 50.2 Å². The van der Waals surface area contributed by atoms with E-state index < -0.39 is 0 Å².